The number of amides is 3. The Balaban J connectivity index is 1.41. The lowest BCUT2D eigenvalue weighted by Gasteiger charge is -2.31. The fourth-order valence-corrected chi connectivity index (χ4v) is 3.96. The number of nitrogens with one attached hydrogen (secondary N) is 1. The molecule has 0 aromatic heterocycles. The van der Waals surface area contributed by atoms with Crippen molar-refractivity contribution in [1.82, 2.24) is 15.1 Å². The maximum Gasteiger partial charge on any atom is 0.326 e. The first-order valence-electron chi connectivity index (χ1n) is 9.52. The largest absolute Gasteiger partial charge is 0.326 e. The van der Waals surface area contributed by atoms with Gasteiger partial charge in [0.1, 0.15) is 5.54 Å². The standard InChI is InChI=1S/C22H25N3O2/c1-22(13-11-17-7-3-2-4-8-17)20(26)25(21(27)23-22)16-24-14-12-18-9-5-6-10-19(18)15-24/h2-10H,11-16H2,1H3,(H,23,27)/t22-/m0/s1. The summed E-state index contributed by atoms with van der Waals surface area (Å²) in [6.07, 6.45) is 2.31. The zero-order valence-electron chi connectivity index (χ0n) is 15.6. The number of imide groups is 1. The Bertz CT molecular complexity index is 852. The van der Waals surface area contributed by atoms with Crippen LogP contribution in [0.5, 0.6) is 0 Å². The van der Waals surface area contributed by atoms with Crippen LogP contribution in [0.1, 0.15) is 30.0 Å². The SMILES string of the molecule is C[C@@]1(CCc2ccccc2)NC(=O)N(CN2CCc3ccccc3C2)C1=O. The van der Waals surface area contributed by atoms with Crippen LogP contribution in [0.3, 0.4) is 0 Å². The van der Waals surface area contributed by atoms with E-state index in [4.69, 9.17) is 0 Å². The zero-order chi connectivity index (χ0) is 18.9. The van der Waals surface area contributed by atoms with Crippen molar-refractivity contribution in [3.05, 3.63) is 71.3 Å². The zero-order valence-corrected chi connectivity index (χ0v) is 15.6. The van der Waals surface area contributed by atoms with Gasteiger partial charge in [-0.15, -0.1) is 0 Å². The number of benzene rings is 2. The number of fused-ring (bicyclic) bond motifs is 1. The summed E-state index contributed by atoms with van der Waals surface area (Å²) in [5.74, 6) is -0.123. The second-order valence-electron chi connectivity index (χ2n) is 7.69. The van der Waals surface area contributed by atoms with Crippen molar-refractivity contribution >= 4 is 11.9 Å². The van der Waals surface area contributed by atoms with Gasteiger partial charge in [0.25, 0.3) is 5.91 Å². The summed E-state index contributed by atoms with van der Waals surface area (Å²) in [5, 5.41) is 2.92. The lowest BCUT2D eigenvalue weighted by Crippen LogP contribution is -2.46. The summed E-state index contributed by atoms with van der Waals surface area (Å²) >= 11 is 0. The van der Waals surface area contributed by atoms with Gasteiger partial charge in [-0.1, -0.05) is 54.6 Å². The molecule has 27 heavy (non-hydrogen) atoms. The second-order valence-corrected chi connectivity index (χ2v) is 7.69. The Hall–Kier alpha value is -2.66. The highest BCUT2D eigenvalue weighted by atomic mass is 16.2. The molecule has 1 fully saturated rings. The molecule has 1 atom stereocenters. The van der Waals surface area contributed by atoms with E-state index in [1.54, 1.807) is 0 Å². The summed E-state index contributed by atoms with van der Waals surface area (Å²) in [5.41, 5.74) is 2.98. The molecular weight excluding hydrogens is 338 g/mol. The van der Waals surface area contributed by atoms with Gasteiger partial charge in [-0.05, 0) is 42.9 Å². The van der Waals surface area contributed by atoms with E-state index in [0.717, 1.165) is 25.9 Å². The molecule has 0 spiro atoms. The van der Waals surface area contributed by atoms with Crippen LogP contribution in [-0.2, 0) is 24.2 Å². The van der Waals surface area contributed by atoms with E-state index in [-0.39, 0.29) is 11.9 Å². The van der Waals surface area contributed by atoms with Crippen molar-refractivity contribution in [2.24, 2.45) is 0 Å². The molecule has 3 amide bonds. The Labute approximate surface area is 160 Å². The first-order chi connectivity index (χ1) is 13.0. The highest BCUT2D eigenvalue weighted by Gasteiger charge is 2.47. The molecule has 4 rings (SSSR count). The van der Waals surface area contributed by atoms with E-state index in [0.29, 0.717) is 13.1 Å². The van der Waals surface area contributed by atoms with Crippen LogP contribution in [0.4, 0.5) is 4.79 Å². The predicted octanol–water partition coefficient (Wildman–Crippen LogP) is 2.95. The van der Waals surface area contributed by atoms with E-state index in [1.807, 2.05) is 43.3 Å². The maximum atomic E-state index is 13.0. The summed E-state index contributed by atoms with van der Waals surface area (Å²) < 4.78 is 0. The van der Waals surface area contributed by atoms with Crippen LogP contribution in [-0.4, -0.2) is 40.5 Å². The molecule has 0 bridgehead atoms. The van der Waals surface area contributed by atoms with E-state index in [1.165, 1.54) is 21.6 Å². The average Bonchev–Trinajstić information content (AvgIpc) is 2.91. The first-order valence-corrected chi connectivity index (χ1v) is 9.52. The van der Waals surface area contributed by atoms with Crippen LogP contribution in [0.25, 0.3) is 0 Å². The number of hydrogen-bond donors (Lipinski definition) is 1. The fourth-order valence-electron chi connectivity index (χ4n) is 3.96. The smallest absolute Gasteiger partial charge is 0.323 e. The van der Waals surface area contributed by atoms with Gasteiger partial charge in [0.2, 0.25) is 0 Å². The molecule has 2 aliphatic rings. The van der Waals surface area contributed by atoms with Crippen molar-refractivity contribution in [2.45, 2.75) is 38.3 Å². The van der Waals surface area contributed by atoms with Crippen LogP contribution in [0, 0.1) is 0 Å². The van der Waals surface area contributed by atoms with Crippen LogP contribution in [0.2, 0.25) is 0 Å². The molecule has 2 aromatic carbocycles. The van der Waals surface area contributed by atoms with E-state index in [2.05, 4.69) is 28.4 Å². The molecule has 5 nitrogen and oxygen atoms in total. The number of rotatable bonds is 5. The Morgan fingerprint density at radius 1 is 1.00 bits per heavy atom. The Kier molecular flexibility index (Phi) is 4.70. The third kappa shape index (κ3) is 3.60. The van der Waals surface area contributed by atoms with Crippen LogP contribution in [0.15, 0.2) is 54.6 Å². The number of carbonyl (C=O) groups is 2. The molecule has 0 aliphatic carbocycles. The van der Waals surface area contributed by atoms with Gasteiger partial charge < -0.3 is 5.32 Å². The summed E-state index contributed by atoms with van der Waals surface area (Å²) in [7, 11) is 0. The number of urea groups is 1. The van der Waals surface area contributed by atoms with Crippen LogP contribution >= 0.6 is 0 Å². The van der Waals surface area contributed by atoms with Crippen molar-refractivity contribution in [3.8, 4) is 0 Å². The van der Waals surface area contributed by atoms with Crippen molar-refractivity contribution < 1.29 is 9.59 Å². The molecule has 140 valence electrons. The Morgan fingerprint density at radius 2 is 1.70 bits per heavy atom. The van der Waals surface area contributed by atoms with Gasteiger partial charge >= 0.3 is 6.03 Å². The minimum Gasteiger partial charge on any atom is -0.323 e. The second kappa shape index (κ2) is 7.16. The van der Waals surface area contributed by atoms with Gasteiger partial charge in [0.15, 0.2) is 0 Å². The van der Waals surface area contributed by atoms with Crippen molar-refractivity contribution in [1.29, 1.82) is 0 Å². The lowest BCUT2D eigenvalue weighted by atomic mass is 9.93. The van der Waals surface area contributed by atoms with Gasteiger partial charge in [0.05, 0.1) is 6.67 Å². The minimum absolute atomic E-state index is 0.123. The van der Waals surface area contributed by atoms with Crippen molar-refractivity contribution in [2.75, 3.05) is 13.2 Å². The number of carbonyl (C=O) groups excluding carboxylic acids is 2. The quantitative estimate of drug-likeness (QED) is 0.831. The third-order valence-corrected chi connectivity index (χ3v) is 5.65. The van der Waals surface area contributed by atoms with Gasteiger partial charge in [-0.25, -0.2) is 9.69 Å². The highest BCUT2D eigenvalue weighted by molar-refractivity contribution is 6.06. The monoisotopic (exact) mass is 363 g/mol. The topological polar surface area (TPSA) is 52.7 Å². The van der Waals surface area contributed by atoms with Gasteiger partial charge in [-0.3, -0.25) is 9.69 Å². The molecule has 2 aromatic rings. The van der Waals surface area contributed by atoms with Crippen LogP contribution < -0.4 is 5.32 Å². The lowest BCUT2D eigenvalue weighted by molar-refractivity contribution is -0.132. The number of hydrogen-bond acceptors (Lipinski definition) is 3. The van der Waals surface area contributed by atoms with E-state index in [9.17, 15) is 9.59 Å². The van der Waals surface area contributed by atoms with E-state index < -0.39 is 5.54 Å². The maximum absolute atomic E-state index is 13.0. The van der Waals surface area contributed by atoms with Gasteiger partial charge in [0, 0.05) is 13.1 Å². The summed E-state index contributed by atoms with van der Waals surface area (Å²) in [4.78, 5) is 29.0. The average molecular weight is 363 g/mol. The van der Waals surface area contributed by atoms with Crippen molar-refractivity contribution in [3.63, 3.8) is 0 Å². The van der Waals surface area contributed by atoms with E-state index >= 15 is 0 Å². The fraction of sp³-hybridized carbons (Fsp3) is 0.364. The number of aryl methyl sites for hydroxylation is 1. The molecule has 0 unspecified atom stereocenters. The summed E-state index contributed by atoms with van der Waals surface area (Å²) in [6.45, 7) is 3.81. The molecule has 1 N–H and O–H groups in total. The predicted molar refractivity (Wildman–Crippen MR) is 104 cm³/mol. The minimum atomic E-state index is -0.833. The molecule has 0 radical (unpaired) electrons. The molecule has 2 heterocycles. The summed E-state index contributed by atoms with van der Waals surface area (Å²) in [6, 6.07) is 18.2. The first kappa shape index (κ1) is 17.7. The molecule has 5 heteroatoms. The molecule has 1 saturated heterocycles. The Morgan fingerprint density at radius 3 is 2.48 bits per heavy atom. The molecule has 0 saturated carbocycles. The number of nitrogens with zero attached hydrogens (tertiary/aromatic N) is 2. The van der Waals surface area contributed by atoms with Gasteiger partial charge in [-0.2, -0.15) is 0 Å². The molecule has 2 aliphatic heterocycles. The highest BCUT2D eigenvalue weighted by Crippen LogP contribution is 2.25. The third-order valence-electron chi connectivity index (χ3n) is 5.65. The normalized spacial score (nSPS) is 22.6. The molecular formula is C22H25N3O2.